The van der Waals surface area contributed by atoms with Crippen molar-refractivity contribution in [2.24, 2.45) is 0 Å². The van der Waals surface area contributed by atoms with Gasteiger partial charge in [-0.25, -0.2) is 9.78 Å². The molecule has 0 bridgehead atoms. The Labute approximate surface area is 229 Å². The molecule has 2 aromatic carbocycles. The first-order chi connectivity index (χ1) is 18.7. The molecule has 1 atom stereocenters. The minimum Gasteiger partial charge on any atom is -0.444 e. The van der Waals surface area contributed by atoms with Gasteiger partial charge in [0.25, 0.3) is 0 Å². The number of amides is 1. The summed E-state index contributed by atoms with van der Waals surface area (Å²) in [6.45, 7) is 11.6. The lowest BCUT2D eigenvalue weighted by molar-refractivity contribution is 0.0293. The van der Waals surface area contributed by atoms with E-state index in [4.69, 9.17) is 14.7 Å². The Kier molecular flexibility index (Phi) is 7.41. The van der Waals surface area contributed by atoms with Gasteiger partial charge in [0, 0.05) is 31.7 Å². The molecule has 1 aliphatic rings. The monoisotopic (exact) mass is 527 g/mol. The Hall–Kier alpha value is -4.14. The number of anilines is 2. The number of nitrogens with one attached hydrogen (secondary N) is 2. The smallest absolute Gasteiger partial charge is 0.410 e. The molecule has 0 saturated carbocycles. The average molecular weight is 528 g/mol. The number of fused-ring (bicyclic) bond motifs is 1. The summed E-state index contributed by atoms with van der Waals surface area (Å²) >= 11 is 0. The van der Waals surface area contributed by atoms with Gasteiger partial charge in [-0.2, -0.15) is 9.97 Å². The topological polar surface area (TPSA) is 97.2 Å². The van der Waals surface area contributed by atoms with Gasteiger partial charge in [0.2, 0.25) is 5.95 Å². The molecular weight excluding hydrogens is 490 g/mol. The summed E-state index contributed by atoms with van der Waals surface area (Å²) in [4.78, 5) is 28.5. The molecule has 9 heteroatoms. The lowest BCUT2D eigenvalue weighted by Crippen LogP contribution is -2.36. The van der Waals surface area contributed by atoms with E-state index in [0.29, 0.717) is 31.4 Å². The number of ether oxygens (including phenoxy) is 1. The van der Waals surface area contributed by atoms with Gasteiger partial charge < -0.3 is 24.8 Å². The Bertz CT molecular complexity index is 1430. The van der Waals surface area contributed by atoms with E-state index >= 15 is 0 Å². The fourth-order valence-corrected chi connectivity index (χ4v) is 4.67. The van der Waals surface area contributed by atoms with Crippen LogP contribution in [0.2, 0.25) is 0 Å². The molecule has 39 heavy (non-hydrogen) atoms. The quantitative estimate of drug-likeness (QED) is 0.299. The number of carbonyl (C=O) groups excluding carboxylic acids is 1. The van der Waals surface area contributed by atoms with E-state index in [1.165, 1.54) is 11.1 Å². The second-order valence-corrected chi connectivity index (χ2v) is 11.3. The highest BCUT2D eigenvalue weighted by molar-refractivity contribution is 5.84. The maximum Gasteiger partial charge on any atom is 0.410 e. The van der Waals surface area contributed by atoms with Crippen LogP contribution in [-0.2, 0) is 11.3 Å². The highest BCUT2D eigenvalue weighted by Gasteiger charge is 2.30. The third kappa shape index (κ3) is 6.30. The van der Waals surface area contributed by atoms with Crippen LogP contribution < -0.4 is 10.6 Å². The van der Waals surface area contributed by atoms with Gasteiger partial charge in [0.05, 0.1) is 6.33 Å². The van der Waals surface area contributed by atoms with Crippen LogP contribution in [0.3, 0.4) is 0 Å². The third-order valence-corrected chi connectivity index (χ3v) is 6.67. The number of aromatic nitrogens is 4. The van der Waals surface area contributed by atoms with Crippen molar-refractivity contribution in [3.05, 3.63) is 66.5 Å². The maximum absolute atomic E-state index is 12.5. The number of likely N-dealkylation sites (tertiary alicyclic amines) is 1. The summed E-state index contributed by atoms with van der Waals surface area (Å²) < 4.78 is 7.59. The van der Waals surface area contributed by atoms with E-state index in [9.17, 15) is 4.79 Å². The highest BCUT2D eigenvalue weighted by atomic mass is 16.6. The highest BCUT2D eigenvalue weighted by Crippen LogP contribution is 2.26. The average Bonchev–Trinajstić information content (AvgIpc) is 3.55. The Morgan fingerprint density at radius 1 is 1.05 bits per heavy atom. The van der Waals surface area contributed by atoms with Crippen molar-refractivity contribution in [1.82, 2.24) is 24.4 Å². The van der Waals surface area contributed by atoms with E-state index < -0.39 is 5.60 Å². The minimum absolute atomic E-state index is 0.0313. The SMILES string of the molecule is CC(C)n1cnc2c(NCc3ccc(-c4ccccc4)cc3)nc(N[C@H]3CCN(C(=O)OC(C)(C)C)C3)nc21. The van der Waals surface area contributed by atoms with E-state index in [2.05, 4.69) is 65.9 Å². The molecule has 1 amide bonds. The molecule has 5 rings (SSSR count). The zero-order chi connectivity index (χ0) is 27.6. The molecule has 204 valence electrons. The van der Waals surface area contributed by atoms with Gasteiger partial charge in [0.15, 0.2) is 17.0 Å². The molecule has 0 aliphatic carbocycles. The summed E-state index contributed by atoms with van der Waals surface area (Å²) in [7, 11) is 0. The molecule has 1 aliphatic heterocycles. The summed E-state index contributed by atoms with van der Waals surface area (Å²) in [5.41, 5.74) is 4.50. The first kappa shape index (κ1) is 26.5. The normalized spacial score (nSPS) is 15.6. The van der Waals surface area contributed by atoms with E-state index in [1.807, 2.05) is 49.9 Å². The zero-order valence-corrected chi connectivity index (χ0v) is 23.3. The number of hydrogen-bond acceptors (Lipinski definition) is 7. The number of imidazole rings is 1. The van der Waals surface area contributed by atoms with Crippen molar-refractivity contribution in [2.75, 3.05) is 23.7 Å². The first-order valence-corrected chi connectivity index (χ1v) is 13.5. The maximum atomic E-state index is 12.5. The fourth-order valence-electron chi connectivity index (χ4n) is 4.67. The van der Waals surface area contributed by atoms with Crippen LogP contribution in [0, 0.1) is 0 Å². The Morgan fingerprint density at radius 3 is 2.46 bits per heavy atom. The number of carbonyl (C=O) groups is 1. The molecule has 4 aromatic rings. The van der Waals surface area contributed by atoms with Crippen molar-refractivity contribution >= 4 is 29.0 Å². The van der Waals surface area contributed by atoms with Crippen LogP contribution in [0.1, 0.15) is 52.6 Å². The second-order valence-electron chi connectivity index (χ2n) is 11.3. The molecule has 0 radical (unpaired) electrons. The summed E-state index contributed by atoms with van der Waals surface area (Å²) in [6.07, 6.45) is 2.32. The van der Waals surface area contributed by atoms with Crippen LogP contribution in [0.25, 0.3) is 22.3 Å². The number of benzene rings is 2. The number of rotatable bonds is 7. The van der Waals surface area contributed by atoms with Gasteiger partial charge in [-0.15, -0.1) is 0 Å². The van der Waals surface area contributed by atoms with Gasteiger partial charge >= 0.3 is 6.09 Å². The van der Waals surface area contributed by atoms with Crippen molar-refractivity contribution in [1.29, 1.82) is 0 Å². The van der Waals surface area contributed by atoms with Crippen LogP contribution in [0.5, 0.6) is 0 Å². The summed E-state index contributed by atoms with van der Waals surface area (Å²) in [5.74, 6) is 1.19. The van der Waals surface area contributed by atoms with Crippen LogP contribution in [0.4, 0.5) is 16.6 Å². The van der Waals surface area contributed by atoms with Crippen LogP contribution in [-0.4, -0.2) is 55.2 Å². The van der Waals surface area contributed by atoms with Crippen molar-refractivity contribution in [3.8, 4) is 11.1 Å². The Balaban J connectivity index is 1.32. The van der Waals surface area contributed by atoms with Gasteiger partial charge in [-0.1, -0.05) is 54.6 Å². The van der Waals surface area contributed by atoms with Crippen molar-refractivity contribution in [2.45, 2.75) is 65.3 Å². The molecule has 2 N–H and O–H groups in total. The van der Waals surface area contributed by atoms with Crippen molar-refractivity contribution in [3.63, 3.8) is 0 Å². The summed E-state index contributed by atoms with van der Waals surface area (Å²) in [5, 5.41) is 6.93. The molecule has 0 spiro atoms. The lowest BCUT2D eigenvalue weighted by Gasteiger charge is -2.24. The zero-order valence-electron chi connectivity index (χ0n) is 23.3. The van der Waals surface area contributed by atoms with E-state index in [0.717, 1.165) is 23.1 Å². The standard InChI is InChI=1S/C30H37N7O2/c1-20(2)37-19-32-25-26(31-17-21-11-13-23(14-12-21)22-9-7-6-8-10-22)34-28(35-27(25)37)33-24-15-16-36(18-24)29(38)39-30(3,4)5/h6-14,19-20,24H,15-18H2,1-5H3,(H2,31,33,34,35)/t24-/m0/s1. The third-order valence-electron chi connectivity index (χ3n) is 6.67. The van der Waals surface area contributed by atoms with Gasteiger partial charge in [0.1, 0.15) is 5.60 Å². The second kappa shape index (κ2) is 10.9. The van der Waals surface area contributed by atoms with Gasteiger partial charge in [-0.3, -0.25) is 0 Å². The van der Waals surface area contributed by atoms with Crippen LogP contribution in [0.15, 0.2) is 60.9 Å². The first-order valence-electron chi connectivity index (χ1n) is 13.5. The molecule has 3 heterocycles. The van der Waals surface area contributed by atoms with E-state index in [1.54, 1.807) is 4.90 Å². The molecule has 2 aromatic heterocycles. The van der Waals surface area contributed by atoms with Crippen LogP contribution >= 0.6 is 0 Å². The largest absolute Gasteiger partial charge is 0.444 e. The lowest BCUT2D eigenvalue weighted by atomic mass is 10.0. The molecular formula is C30H37N7O2. The predicted octanol–water partition coefficient (Wildman–Crippen LogP) is 6.11. The van der Waals surface area contributed by atoms with Gasteiger partial charge in [-0.05, 0) is 57.7 Å². The van der Waals surface area contributed by atoms with E-state index in [-0.39, 0.29) is 18.2 Å². The number of hydrogen-bond donors (Lipinski definition) is 2. The minimum atomic E-state index is -0.519. The number of nitrogens with zero attached hydrogens (tertiary/aromatic N) is 5. The molecule has 0 unspecified atom stereocenters. The predicted molar refractivity (Wildman–Crippen MR) is 155 cm³/mol. The fraction of sp³-hybridized carbons (Fsp3) is 0.400. The molecule has 1 fully saturated rings. The Morgan fingerprint density at radius 2 is 1.77 bits per heavy atom. The molecule has 9 nitrogen and oxygen atoms in total. The van der Waals surface area contributed by atoms with Crippen molar-refractivity contribution < 1.29 is 9.53 Å². The molecule has 1 saturated heterocycles. The summed E-state index contributed by atoms with van der Waals surface area (Å²) in [6, 6.07) is 19.1.